The maximum absolute atomic E-state index is 12.6. The maximum atomic E-state index is 12.6. The van der Waals surface area contributed by atoms with Crippen molar-refractivity contribution in [3.8, 4) is 5.88 Å². The number of ketones is 1. The zero-order valence-corrected chi connectivity index (χ0v) is 12.0. The van der Waals surface area contributed by atoms with Gasteiger partial charge in [-0.15, -0.1) is 0 Å². The van der Waals surface area contributed by atoms with Gasteiger partial charge in [0, 0.05) is 10.6 Å². The monoisotopic (exact) mass is 298 g/mol. The molecule has 1 aromatic heterocycles. The van der Waals surface area contributed by atoms with Crippen molar-refractivity contribution in [2.45, 2.75) is 0 Å². The molecular weight excluding hydrogens is 288 g/mol. The van der Waals surface area contributed by atoms with Crippen molar-refractivity contribution in [2.75, 3.05) is 7.11 Å². The normalized spacial score (nSPS) is 10.6. The van der Waals surface area contributed by atoms with E-state index in [1.165, 1.54) is 7.11 Å². The highest BCUT2D eigenvalue weighted by molar-refractivity contribution is 6.30. The van der Waals surface area contributed by atoms with E-state index in [2.05, 4.69) is 9.97 Å². The molecule has 0 amide bonds. The Morgan fingerprint density at radius 1 is 1.00 bits per heavy atom. The molecular formula is C16H11ClN2O2. The topological polar surface area (TPSA) is 52.1 Å². The third kappa shape index (κ3) is 2.58. The Balaban J connectivity index is 2.14. The van der Waals surface area contributed by atoms with Gasteiger partial charge < -0.3 is 4.74 Å². The largest absolute Gasteiger partial charge is 0.479 e. The molecule has 3 rings (SSSR count). The first-order valence-corrected chi connectivity index (χ1v) is 6.68. The van der Waals surface area contributed by atoms with Crippen LogP contribution in [0, 0.1) is 0 Å². The lowest BCUT2D eigenvalue weighted by Crippen LogP contribution is -2.08. The molecule has 0 spiro atoms. The minimum atomic E-state index is -0.248. The first-order chi connectivity index (χ1) is 10.2. The number of nitrogens with zero attached hydrogens (tertiary/aromatic N) is 2. The Hall–Kier alpha value is -2.46. The van der Waals surface area contributed by atoms with Crippen LogP contribution in [0.4, 0.5) is 0 Å². The van der Waals surface area contributed by atoms with Gasteiger partial charge in [-0.2, -0.15) is 0 Å². The highest BCUT2D eigenvalue weighted by atomic mass is 35.5. The molecule has 104 valence electrons. The second-order valence-corrected chi connectivity index (χ2v) is 4.84. The number of aromatic nitrogens is 2. The van der Waals surface area contributed by atoms with Crippen molar-refractivity contribution >= 4 is 28.4 Å². The van der Waals surface area contributed by atoms with Gasteiger partial charge in [-0.3, -0.25) is 4.79 Å². The van der Waals surface area contributed by atoms with E-state index >= 15 is 0 Å². The lowest BCUT2D eigenvalue weighted by molar-refractivity contribution is 0.103. The van der Waals surface area contributed by atoms with Crippen LogP contribution in [-0.2, 0) is 0 Å². The van der Waals surface area contributed by atoms with Gasteiger partial charge in [-0.05, 0) is 36.4 Å². The van der Waals surface area contributed by atoms with Gasteiger partial charge in [0.25, 0.3) is 0 Å². The minimum Gasteiger partial charge on any atom is -0.479 e. The summed E-state index contributed by atoms with van der Waals surface area (Å²) in [6.07, 6.45) is 0. The summed E-state index contributed by atoms with van der Waals surface area (Å²) in [5.74, 6) is -0.0320. The van der Waals surface area contributed by atoms with Crippen LogP contribution in [0.3, 0.4) is 0 Å². The Labute approximate surface area is 126 Å². The Bertz CT molecular complexity index is 816. The molecule has 0 bridgehead atoms. The third-order valence-electron chi connectivity index (χ3n) is 3.05. The molecule has 0 fully saturated rings. The van der Waals surface area contributed by atoms with Gasteiger partial charge in [0.05, 0.1) is 18.1 Å². The molecule has 1 heterocycles. The van der Waals surface area contributed by atoms with Gasteiger partial charge in [0.1, 0.15) is 0 Å². The fraction of sp³-hybridized carbons (Fsp3) is 0.0625. The van der Waals surface area contributed by atoms with Crippen molar-refractivity contribution in [3.63, 3.8) is 0 Å². The molecule has 0 saturated carbocycles. The van der Waals surface area contributed by atoms with E-state index in [-0.39, 0.29) is 17.4 Å². The molecule has 0 N–H and O–H groups in total. The first kappa shape index (κ1) is 13.5. The Morgan fingerprint density at radius 2 is 1.62 bits per heavy atom. The van der Waals surface area contributed by atoms with E-state index < -0.39 is 0 Å². The number of methoxy groups -OCH3 is 1. The number of para-hydroxylation sites is 2. The van der Waals surface area contributed by atoms with E-state index in [0.717, 1.165) is 0 Å². The van der Waals surface area contributed by atoms with Crippen LogP contribution in [0.5, 0.6) is 5.88 Å². The van der Waals surface area contributed by atoms with Crippen molar-refractivity contribution in [2.24, 2.45) is 0 Å². The third-order valence-corrected chi connectivity index (χ3v) is 3.31. The zero-order valence-electron chi connectivity index (χ0n) is 11.2. The van der Waals surface area contributed by atoms with Crippen LogP contribution in [0.2, 0.25) is 5.02 Å². The molecule has 0 aliphatic rings. The molecule has 0 saturated heterocycles. The number of halogens is 1. The minimum absolute atomic E-state index is 0.193. The lowest BCUT2D eigenvalue weighted by Gasteiger charge is -2.07. The second-order valence-electron chi connectivity index (χ2n) is 4.41. The number of carbonyl (C=O) groups is 1. The number of ether oxygens (including phenoxy) is 1. The van der Waals surface area contributed by atoms with Crippen molar-refractivity contribution < 1.29 is 9.53 Å². The highest BCUT2D eigenvalue weighted by Crippen LogP contribution is 2.22. The van der Waals surface area contributed by atoms with Gasteiger partial charge in [0.2, 0.25) is 11.7 Å². The van der Waals surface area contributed by atoms with E-state index in [1.54, 1.807) is 30.3 Å². The van der Waals surface area contributed by atoms with E-state index in [4.69, 9.17) is 16.3 Å². The van der Waals surface area contributed by atoms with Crippen LogP contribution < -0.4 is 4.74 Å². The Morgan fingerprint density at radius 3 is 2.24 bits per heavy atom. The lowest BCUT2D eigenvalue weighted by atomic mass is 10.1. The number of benzene rings is 2. The summed E-state index contributed by atoms with van der Waals surface area (Å²) in [6.45, 7) is 0. The maximum Gasteiger partial charge on any atom is 0.244 e. The first-order valence-electron chi connectivity index (χ1n) is 6.30. The van der Waals surface area contributed by atoms with E-state index in [9.17, 15) is 4.79 Å². The molecule has 0 aliphatic carbocycles. The van der Waals surface area contributed by atoms with Gasteiger partial charge >= 0.3 is 0 Å². The van der Waals surface area contributed by atoms with Gasteiger partial charge in [-0.1, -0.05) is 23.7 Å². The quantitative estimate of drug-likeness (QED) is 0.694. The van der Waals surface area contributed by atoms with Crippen LogP contribution >= 0.6 is 11.6 Å². The van der Waals surface area contributed by atoms with Crippen LogP contribution in [0.1, 0.15) is 16.1 Å². The van der Waals surface area contributed by atoms with Gasteiger partial charge in [-0.25, -0.2) is 9.97 Å². The summed E-state index contributed by atoms with van der Waals surface area (Å²) in [4.78, 5) is 21.3. The molecule has 0 atom stereocenters. The number of rotatable bonds is 3. The number of fused-ring (bicyclic) bond motifs is 1. The average Bonchev–Trinajstić information content (AvgIpc) is 2.53. The van der Waals surface area contributed by atoms with E-state index in [1.807, 2.05) is 18.2 Å². The molecule has 2 aromatic carbocycles. The zero-order chi connectivity index (χ0) is 14.8. The molecule has 0 aliphatic heterocycles. The fourth-order valence-electron chi connectivity index (χ4n) is 2.01. The average molecular weight is 299 g/mol. The molecule has 21 heavy (non-hydrogen) atoms. The van der Waals surface area contributed by atoms with Crippen LogP contribution in [-0.4, -0.2) is 22.9 Å². The fourth-order valence-corrected chi connectivity index (χ4v) is 2.14. The summed E-state index contributed by atoms with van der Waals surface area (Å²) in [7, 11) is 1.47. The van der Waals surface area contributed by atoms with Crippen molar-refractivity contribution in [3.05, 3.63) is 64.8 Å². The highest BCUT2D eigenvalue weighted by Gasteiger charge is 2.18. The number of hydrogen-bond acceptors (Lipinski definition) is 4. The SMILES string of the molecule is COc1nc2ccccc2nc1C(=O)c1ccc(Cl)cc1. The van der Waals surface area contributed by atoms with Gasteiger partial charge in [0.15, 0.2) is 5.69 Å². The number of hydrogen-bond donors (Lipinski definition) is 0. The standard InChI is InChI=1S/C16H11ClN2O2/c1-21-16-14(15(20)10-6-8-11(17)9-7-10)18-12-4-2-3-5-13(12)19-16/h2-9H,1H3. The molecule has 0 unspecified atom stereocenters. The number of carbonyl (C=O) groups excluding carboxylic acids is 1. The summed E-state index contributed by atoms with van der Waals surface area (Å²) in [5, 5.41) is 0.572. The summed E-state index contributed by atoms with van der Waals surface area (Å²) < 4.78 is 5.20. The van der Waals surface area contributed by atoms with Crippen LogP contribution in [0.25, 0.3) is 11.0 Å². The van der Waals surface area contributed by atoms with E-state index in [0.29, 0.717) is 21.6 Å². The molecule has 3 aromatic rings. The molecule has 5 heteroatoms. The van der Waals surface area contributed by atoms with Crippen molar-refractivity contribution in [1.82, 2.24) is 9.97 Å². The summed E-state index contributed by atoms with van der Waals surface area (Å²) in [6, 6.07) is 14.0. The summed E-state index contributed by atoms with van der Waals surface area (Å²) in [5.41, 5.74) is 2.01. The molecule has 0 radical (unpaired) electrons. The second kappa shape index (κ2) is 5.50. The summed E-state index contributed by atoms with van der Waals surface area (Å²) >= 11 is 5.84. The smallest absolute Gasteiger partial charge is 0.244 e. The molecule has 4 nitrogen and oxygen atoms in total. The van der Waals surface area contributed by atoms with Crippen LogP contribution in [0.15, 0.2) is 48.5 Å². The Kier molecular flexibility index (Phi) is 3.54. The van der Waals surface area contributed by atoms with Crippen molar-refractivity contribution in [1.29, 1.82) is 0 Å². The predicted molar refractivity (Wildman–Crippen MR) is 81.0 cm³/mol. The predicted octanol–water partition coefficient (Wildman–Crippen LogP) is 3.52.